The lowest BCUT2D eigenvalue weighted by Gasteiger charge is -1.96. The second-order valence-corrected chi connectivity index (χ2v) is 2.19. The van der Waals surface area contributed by atoms with Crippen molar-refractivity contribution in [1.29, 1.82) is 0 Å². The van der Waals surface area contributed by atoms with Crippen LogP contribution in [0.2, 0.25) is 0 Å². The molecule has 1 aliphatic rings. The first-order valence-electron chi connectivity index (χ1n) is 3.37. The van der Waals surface area contributed by atoms with E-state index in [2.05, 4.69) is 10.2 Å². The summed E-state index contributed by atoms with van der Waals surface area (Å²) in [4.78, 5) is 0. The third-order valence-electron chi connectivity index (χ3n) is 1.47. The van der Waals surface area contributed by atoms with Crippen LogP contribution in [0.1, 0.15) is 5.69 Å². The quantitative estimate of drug-likeness (QED) is 0.528. The van der Waals surface area contributed by atoms with Crippen LogP contribution < -0.4 is 0 Å². The molecule has 1 aliphatic heterocycles. The molecule has 2 rings (SSSR count). The van der Waals surface area contributed by atoms with Crippen LogP contribution in [0.3, 0.4) is 0 Å². The molecule has 3 nitrogen and oxygen atoms in total. The molecule has 0 spiro atoms. The van der Waals surface area contributed by atoms with Gasteiger partial charge in [-0.1, -0.05) is 0 Å². The van der Waals surface area contributed by atoms with Crippen molar-refractivity contribution in [1.82, 2.24) is 4.57 Å². The van der Waals surface area contributed by atoms with Crippen LogP contribution in [0.25, 0.3) is 6.08 Å². The highest BCUT2D eigenvalue weighted by atomic mass is 15.2. The number of hydrogen-bond donors (Lipinski definition) is 0. The summed E-state index contributed by atoms with van der Waals surface area (Å²) in [6, 6.07) is 3.98. The molecule has 0 N–H and O–H groups in total. The normalized spacial score (nSPS) is 14.2. The van der Waals surface area contributed by atoms with E-state index in [0.717, 1.165) is 5.69 Å². The number of allylic oxidation sites excluding steroid dienone is 1. The van der Waals surface area contributed by atoms with Crippen LogP contribution in [-0.4, -0.2) is 17.1 Å². The molecule has 0 saturated carbocycles. The molecule has 54 valence electrons. The molecule has 0 aliphatic carbocycles. The minimum atomic E-state index is 1.11. The summed E-state index contributed by atoms with van der Waals surface area (Å²) >= 11 is 0. The van der Waals surface area contributed by atoms with Gasteiger partial charge < -0.3 is 4.57 Å². The van der Waals surface area contributed by atoms with E-state index < -0.39 is 0 Å². The van der Waals surface area contributed by atoms with E-state index in [1.54, 1.807) is 12.6 Å². The molecular weight excluding hydrogens is 138 g/mol. The van der Waals surface area contributed by atoms with E-state index >= 15 is 0 Å². The standard InChI is InChI=1S/C8H7N3/c1-3-8-4-2-6-11(8)7-10-9-5-1/h1-7H. The second kappa shape index (κ2) is 2.54. The molecule has 0 saturated heterocycles. The average molecular weight is 145 g/mol. The summed E-state index contributed by atoms with van der Waals surface area (Å²) in [5.74, 6) is 0. The fourth-order valence-corrected chi connectivity index (χ4v) is 0.957. The largest absolute Gasteiger partial charge is 0.306 e. The van der Waals surface area contributed by atoms with Gasteiger partial charge >= 0.3 is 0 Å². The molecule has 0 bridgehead atoms. The first kappa shape index (κ1) is 6.09. The SMILES string of the molecule is C1=Cc2cccn2C=NN=C1. The number of aromatic nitrogens is 1. The Hall–Kier alpha value is -1.64. The summed E-state index contributed by atoms with van der Waals surface area (Å²) in [6.45, 7) is 0. The Balaban J connectivity index is 2.52. The Morgan fingerprint density at radius 1 is 1.27 bits per heavy atom. The average Bonchev–Trinajstić information content (AvgIpc) is 2.35. The highest BCUT2D eigenvalue weighted by molar-refractivity contribution is 5.80. The van der Waals surface area contributed by atoms with E-state index in [0.29, 0.717) is 0 Å². The van der Waals surface area contributed by atoms with Gasteiger partial charge in [-0.25, -0.2) is 0 Å². The van der Waals surface area contributed by atoms with Crippen molar-refractivity contribution in [2.75, 3.05) is 0 Å². The first-order chi connectivity index (χ1) is 5.47. The van der Waals surface area contributed by atoms with Gasteiger partial charge in [0.1, 0.15) is 6.34 Å². The van der Waals surface area contributed by atoms with Gasteiger partial charge in [-0.15, -0.1) is 5.10 Å². The molecule has 1 aromatic rings. The monoisotopic (exact) mass is 145 g/mol. The lowest BCUT2D eigenvalue weighted by molar-refractivity contribution is 1.13. The zero-order valence-electron chi connectivity index (χ0n) is 5.88. The van der Waals surface area contributed by atoms with Gasteiger partial charge in [0.15, 0.2) is 0 Å². The molecule has 0 unspecified atom stereocenters. The van der Waals surface area contributed by atoms with Crippen molar-refractivity contribution in [3.8, 4) is 0 Å². The molecule has 0 fully saturated rings. The molecule has 0 atom stereocenters. The topological polar surface area (TPSA) is 29.6 Å². The van der Waals surface area contributed by atoms with Crippen molar-refractivity contribution in [2.24, 2.45) is 10.2 Å². The third-order valence-corrected chi connectivity index (χ3v) is 1.47. The molecule has 1 aromatic heterocycles. The fourth-order valence-electron chi connectivity index (χ4n) is 0.957. The molecule has 0 radical (unpaired) electrons. The molecular formula is C8H7N3. The van der Waals surface area contributed by atoms with Crippen molar-refractivity contribution >= 4 is 18.6 Å². The lowest BCUT2D eigenvalue weighted by atomic mass is 10.4. The van der Waals surface area contributed by atoms with Gasteiger partial charge in [0.2, 0.25) is 0 Å². The van der Waals surface area contributed by atoms with Crippen LogP contribution in [-0.2, 0) is 0 Å². The van der Waals surface area contributed by atoms with Gasteiger partial charge in [0.25, 0.3) is 0 Å². The van der Waals surface area contributed by atoms with Crippen molar-refractivity contribution < 1.29 is 0 Å². The maximum absolute atomic E-state index is 3.80. The Kier molecular flexibility index (Phi) is 1.41. The van der Waals surface area contributed by atoms with Gasteiger partial charge in [-0.2, -0.15) is 5.10 Å². The molecule has 11 heavy (non-hydrogen) atoms. The molecule has 2 heterocycles. The fraction of sp³-hybridized carbons (Fsp3) is 0. The van der Waals surface area contributed by atoms with Gasteiger partial charge in [0, 0.05) is 18.1 Å². The summed E-state index contributed by atoms with van der Waals surface area (Å²) in [6.07, 6.45) is 9.11. The Morgan fingerprint density at radius 3 is 3.27 bits per heavy atom. The first-order valence-corrected chi connectivity index (χ1v) is 3.37. The van der Waals surface area contributed by atoms with Gasteiger partial charge in [-0.3, -0.25) is 0 Å². The minimum Gasteiger partial charge on any atom is -0.306 e. The van der Waals surface area contributed by atoms with E-state index in [4.69, 9.17) is 0 Å². The predicted molar refractivity (Wildman–Crippen MR) is 45.8 cm³/mol. The maximum Gasteiger partial charge on any atom is 0.122 e. The van der Waals surface area contributed by atoms with Crippen LogP contribution >= 0.6 is 0 Å². The summed E-state index contributed by atoms with van der Waals surface area (Å²) in [5, 5.41) is 7.55. The van der Waals surface area contributed by atoms with E-state index in [1.807, 2.05) is 35.0 Å². The van der Waals surface area contributed by atoms with Crippen molar-refractivity contribution in [2.45, 2.75) is 0 Å². The number of hydrogen-bond acceptors (Lipinski definition) is 2. The van der Waals surface area contributed by atoms with Gasteiger partial charge in [-0.05, 0) is 24.3 Å². The highest BCUT2D eigenvalue weighted by Crippen LogP contribution is 2.02. The van der Waals surface area contributed by atoms with E-state index in [-0.39, 0.29) is 0 Å². The van der Waals surface area contributed by atoms with E-state index in [9.17, 15) is 0 Å². The number of nitrogens with zero attached hydrogens (tertiary/aromatic N) is 3. The van der Waals surface area contributed by atoms with Crippen LogP contribution in [0.4, 0.5) is 0 Å². The van der Waals surface area contributed by atoms with Crippen LogP contribution in [0, 0.1) is 0 Å². The summed E-state index contributed by atoms with van der Waals surface area (Å²) < 4.78 is 1.91. The molecule has 3 heteroatoms. The number of fused-ring (bicyclic) bond motifs is 1. The molecule has 0 amide bonds. The minimum absolute atomic E-state index is 1.11. The predicted octanol–water partition coefficient (Wildman–Crippen LogP) is 1.38. The zero-order valence-corrected chi connectivity index (χ0v) is 5.88. The van der Waals surface area contributed by atoms with Crippen LogP contribution in [0.15, 0.2) is 34.6 Å². The Labute approximate surface area is 64.4 Å². The second-order valence-electron chi connectivity index (χ2n) is 2.19. The maximum atomic E-state index is 3.80. The van der Waals surface area contributed by atoms with Crippen molar-refractivity contribution in [3.05, 3.63) is 30.1 Å². The summed E-state index contributed by atoms with van der Waals surface area (Å²) in [7, 11) is 0. The smallest absolute Gasteiger partial charge is 0.122 e. The third kappa shape index (κ3) is 1.12. The van der Waals surface area contributed by atoms with E-state index in [1.165, 1.54) is 0 Å². The highest BCUT2D eigenvalue weighted by Gasteiger charge is 1.92. The zero-order chi connectivity index (χ0) is 7.52. The Morgan fingerprint density at radius 2 is 2.27 bits per heavy atom. The van der Waals surface area contributed by atoms with Crippen molar-refractivity contribution in [3.63, 3.8) is 0 Å². The Bertz CT molecular complexity index is 300. The lowest BCUT2D eigenvalue weighted by Crippen LogP contribution is -1.95. The number of rotatable bonds is 0. The van der Waals surface area contributed by atoms with Crippen LogP contribution in [0.5, 0.6) is 0 Å². The van der Waals surface area contributed by atoms with Gasteiger partial charge in [0.05, 0.1) is 0 Å². The summed E-state index contributed by atoms with van der Waals surface area (Å²) in [5.41, 5.74) is 1.11. The molecule has 0 aromatic carbocycles.